The molecule has 1 aromatic carbocycles. The second-order valence-corrected chi connectivity index (χ2v) is 5.65. The van der Waals surface area contributed by atoms with E-state index in [-0.39, 0.29) is 0 Å². The Morgan fingerprint density at radius 3 is 2.39 bits per heavy atom. The molecule has 0 heterocycles. The van der Waals surface area contributed by atoms with Gasteiger partial charge in [0.1, 0.15) is 5.75 Å². The summed E-state index contributed by atoms with van der Waals surface area (Å²) in [5.74, 6) is 1.04. The molecule has 2 fully saturated rings. The smallest absolute Gasteiger partial charge is 0.119 e. The van der Waals surface area contributed by atoms with E-state index < -0.39 is 0 Å². The van der Waals surface area contributed by atoms with Crippen molar-refractivity contribution in [2.24, 2.45) is 0 Å². The predicted molar refractivity (Wildman–Crippen MR) is 74.1 cm³/mol. The lowest BCUT2D eigenvalue weighted by molar-refractivity contribution is 0.210. The monoisotopic (exact) mass is 245 g/mol. The third-order valence-corrected chi connectivity index (χ3v) is 3.95. The summed E-state index contributed by atoms with van der Waals surface area (Å²) in [6, 6.07) is 9.49. The van der Waals surface area contributed by atoms with Crippen molar-refractivity contribution in [1.29, 1.82) is 0 Å². The first-order valence-corrected chi connectivity index (χ1v) is 7.39. The van der Waals surface area contributed by atoms with Crippen LogP contribution in [0, 0.1) is 0 Å². The number of hydrogen-bond donors (Lipinski definition) is 1. The van der Waals surface area contributed by atoms with Gasteiger partial charge in [0.25, 0.3) is 0 Å². The Hall–Kier alpha value is -1.02. The Labute approximate surface area is 110 Å². The number of ether oxygens (including phenoxy) is 1. The zero-order chi connectivity index (χ0) is 12.2. The van der Waals surface area contributed by atoms with E-state index in [1.807, 2.05) is 0 Å². The van der Waals surface area contributed by atoms with Gasteiger partial charge in [0.15, 0.2) is 0 Å². The molecule has 1 aromatic rings. The minimum absolute atomic E-state index is 0.465. The van der Waals surface area contributed by atoms with Crippen LogP contribution in [-0.4, -0.2) is 18.7 Å². The average molecular weight is 245 g/mol. The molecule has 18 heavy (non-hydrogen) atoms. The minimum atomic E-state index is 0.465. The van der Waals surface area contributed by atoms with Gasteiger partial charge < -0.3 is 10.1 Å². The molecule has 98 valence electrons. The molecule has 0 unspecified atom stereocenters. The van der Waals surface area contributed by atoms with Crippen LogP contribution in [0.25, 0.3) is 0 Å². The summed E-state index contributed by atoms with van der Waals surface area (Å²) in [6.07, 6.45) is 9.45. The van der Waals surface area contributed by atoms with E-state index in [0.717, 1.165) is 24.8 Å². The molecule has 2 heteroatoms. The minimum Gasteiger partial charge on any atom is -0.490 e. The molecular weight excluding hydrogens is 222 g/mol. The van der Waals surface area contributed by atoms with Gasteiger partial charge >= 0.3 is 0 Å². The van der Waals surface area contributed by atoms with Gasteiger partial charge in [-0.2, -0.15) is 0 Å². The van der Waals surface area contributed by atoms with Gasteiger partial charge in [-0.05, 0) is 69.2 Å². The predicted octanol–water partition coefficient (Wildman–Crippen LogP) is 3.30. The lowest BCUT2D eigenvalue weighted by Gasteiger charge is -2.13. The van der Waals surface area contributed by atoms with Crippen LogP contribution >= 0.6 is 0 Å². The maximum absolute atomic E-state index is 5.97. The highest BCUT2D eigenvalue weighted by Crippen LogP contribution is 2.24. The highest BCUT2D eigenvalue weighted by molar-refractivity contribution is 5.27. The second-order valence-electron chi connectivity index (χ2n) is 5.65. The van der Waals surface area contributed by atoms with E-state index in [9.17, 15) is 0 Å². The van der Waals surface area contributed by atoms with Crippen LogP contribution in [0.5, 0.6) is 5.75 Å². The summed E-state index contributed by atoms with van der Waals surface area (Å²) < 4.78 is 5.97. The van der Waals surface area contributed by atoms with Gasteiger partial charge in [-0.3, -0.25) is 0 Å². The van der Waals surface area contributed by atoms with Crippen LogP contribution in [0.4, 0.5) is 0 Å². The van der Waals surface area contributed by atoms with Crippen molar-refractivity contribution in [3.05, 3.63) is 29.8 Å². The van der Waals surface area contributed by atoms with Crippen LogP contribution in [0.3, 0.4) is 0 Å². The van der Waals surface area contributed by atoms with Gasteiger partial charge in [-0.25, -0.2) is 0 Å². The molecule has 2 aliphatic rings. The lowest BCUT2D eigenvalue weighted by atomic mass is 10.1. The van der Waals surface area contributed by atoms with Crippen molar-refractivity contribution in [3.8, 4) is 5.75 Å². The van der Waals surface area contributed by atoms with E-state index in [0.29, 0.717) is 6.10 Å². The molecule has 2 saturated carbocycles. The molecule has 0 spiro atoms. The molecule has 0 radical (unpaired) electrons. The summed E-state index contributed by atoms with van der Waals surface area (Å²) in [5.41, 5.74) is 1.40. The molecule has 0 amide bonds. The van der Waals surface area contributed by atoms with Crippen LogP contribution in [0.15, 0.2) is 24.3 Å². The van der Waals surface area contributed by atoms with Crippen molar-refractivity contribution in [2.45, 2.75) is 57.1 Å². The number of rotatable bonds is 6. The summed E-state index contributed by atoms with van der Waals surface area (Å²) in [5, 5.41) is 3.55. The van der Waals surface area contributed by atoms with Crippen LogP contribution < -0.4 is 10.1 Å². The van der Waals surface area contributed by atoms with Crippen LogP contribution in [0.1, 0.15) is 44.1 Å². The molecule has 0 saturated heterocycles. The Bertz CT molecular complexity index is 363. The van der Waals surface area contributed by atoms with Gasteiger partial charge in [0, 0.05) is 6.04 Å². The Balaban J connectivity index is 1.45. The fraction of sp³-hybridized carbons (Fsp3) is 0.625. The van der Waals surface area contributed by atoms with Crippen molar-refractivity contribution in [1.82, 2.24) is 5.32 Å². The summed E-state index contributed by atoms with van der Waals surface area (Å²) >= 11 is 0. The van der Waals surface area contributed by atoms with Crippen molar-refractivity contribution < 1.29 is 4.74 Å². The summed E-state index contributed by atoms with van der Waals surface area (Å²) in [7, 11) is 0. The van der Waals surface area contributed by atoms with Crippen molar-refractivity contribution >= 4 is 0 Å². The van der Waals surface area contributed by atoms with E-state index >= 15 is 0 Å². The summed E-state index contributed by atoms with van der Waals surface area (Å²) in [6.45, 7) is 1.10. The van der Waals surface area contributed by atoms with Gasteiger partial charge in [-0.1, -0.05) is 12.1 Å². The first-order valence-electron chi connectivity index (χ1n) is 7.39. The van der Waals surface area contributed by atoms with E-state index in [1.165, 1.54) is 44.1 Å². The normalized spacial score (nSPS) is 20.2. The quantitative estimate of drug-likeness (QED) is 0.830. The molecular formula is C16H23NO. The molecule has 0 bridgehead atoms. The topological polar surface area (TPSA) is 21.3 Å². The van der Waals surface area contributed by atoms with Crippen molar-refractivity contribution in [2.75, 3.05) is 6.54 Å². The second kappa shape index (κ2) is 5.75. The Morgan fingerprint density at radius 1 is 1.00 bits per heavy atom. The SMILES string of the molecule is c1cc(OC2CCCC2)ccc1CCNC1CC1. The molecule has 3 rings (SSSR count). The first-order chi connectivity index (χ1) is 8.90. The largest absolute Gasteiger partial charge is 0.490 e. The lowest BCUT2D eigenvalue weighted by Crippen LogP contribution is -2.19. The fourth-order valence-electron chi connectivity index (χ4n) is 2.64. The summed E-state index contributed by atoms with van der Waals surface area (Å²) in [4.78, 5) is 0. The third-order valence-electron chi connectivity index (χ3n) is 3.95. The fourth-order valence-corrected chi connectivity index (χ4v) is 2.64. The molecule has 2 aliphatic carbocycles. The zero-order valence-corrected chi connectivity index (χ0v) is 11.0. The van der Waals surface area contributed by atoms with Crippen molar-refractivity contribution in [3.63, 3.8) is 0 Å². The Kier molecular flexibility index (Phi) is 3.84. The van der Waals surface area contributed by atoms with Gasteiger partial charge in [-0.15, -0.1) is 0 Å². The van der Waals surface area contributed by atoms with Crippen LogP contribution in [-0.2, 0) is 6.42 Å². The maximum atomic E-state index is 5.97. The number of nitrogens with one attached hydrogen (secondary N) is 1. The number of benzene rings is 1. The van der Waals surface area contributed by atoms with E-state index in [1.54, 1.807) is 0 Å². The van der Waals surface area contributed by atoms with E-state index in [4.69, 9.17) is 4.74 Å². The molecule has 0 aromatic heterocycles. The zero-order valence-electron chi connectivity index (χ0n) is 11.0. The maximum Gasteiger partial charge on any atom is 0.119 e. The van der Waals surface area contributed by atoms with Crippen LogP contribution in [0.2, 0.25) is 0 Å². The van der Waals surface area contributed by atoms with Gasteiger partial charge in [0.05, 0.1) is 6.10 Å². The number of hydrogen-bond acceptors (Lipinski definition) is 2. The highest BCUT2D eigenvalue weighted by Gasteiger charge is 2.19. The highest BCUT2D eigenvalue weighted by atomic mass is 16.5. The molecule has 2 nitrogen and oxygen atoms in total. The van der Waals surface area contributed by atoms with E-state index in [2.05, 4.69) is 29.6 Å². The standard InChI is InChI=1S/C16H23NO/c1-2-4-15(3-1)18-16-9-5-13(6-10-16)11-12-17-14-7-8-14/h5-6,9-10,14-15,17H,1-4,7-8,11-12H2. The molecule has 0 aliphatic heterocycles. The average Bonchev–Trinajstić information content (AvgIpc) is 3.07. The van der Waals surface area contributed by atoms with Gasteiger partial charge in [0.2, 0.25) is 0 Å². The first kappa shape index (κ1) is 12.0. The Morgan fingerprint density at radius 2 is 1.72 bits per heavy atom. The third kappa shape index (κ3) is 3.49. The molecule has 1 N–H and O–H groups in total. The molecule has 0 atom stereocenters.